The zero-order valence-electron chi connectivity index (χ0n) is 10.6. The topological polar surface area (TPSA) is 38.5 Å². The summed E-state index contributed by atoms with van der Waals surface area (Å²) >= 11 is 0. The molecule has 90 valence electrons. The third kappa shape index (κ3) is 3.16. The second-order valence-corrected chi connectivity index (χ2v) is 5.15. The Hall–Kier alpha value is -0.120. The Bertz CT molecular complexity index is 184. The zero-order chi connectivity index (χ0) is 11.4. The molecule has 0 aliphatic carbocycles. The molecule has 1 rings (SSSR count). The minimum absolute atomic E-state index is 0.543. The van der Waals surface area contributed by atoms with E-state index in [2.05, 4.69) is 25.7 Å². The van der Waals surface area contributed by atoms with Crippen LogP contribution in [0.5, 0.6) is 0 Å². The molecule has 0 bridgehead atoms. The van der Waals surface area contributed by atoms with E-state index in [1.807, 2.05) is 0 Å². The Balaban J connectivity index is 2.59. The largest absolute Gasteiger partial charge is 0.383 e. The maximum absolute atomic E-state index is 5.75. The van der Waals surface area contributed by atoms with Crippen LogP contribution < -0.4 is 5.73 Å². The Labute approximate surface area is 94.0 Å². The molecule has 3 heteroatoms. The highest BCUT2D eigenvalue weighted by molar-refractivity contribution is 4.88. The van der Waals surface area contributed by atoms with Gasteiger partial charge in [0.25, 0.3) is 0 Å². The fourth-order valence-electron chi connectivity index (χ4n) is 2.65. The number of likely N-dealkylation sites (tertiary alicyclic amines) is 1. The molecular weight excluding hydrogens is 188 g/mol. The SMILES string of the molecule is COCC(C(C)C)N1CC(CN)CC1C. The molecule has 0 spiro atoms. The van der Waals surface area contributed by atoms with Crippen molar-refractivity contribution >= 4 is 0 Å². The van der Waals surface area contributed by atoms with E-state index in [1.165, 1.54) is 6.42 Å². The van der Waals surface area contributed by atoms with Crippen LogP contribution in [0.25, 0.3) is 0 Å². The molecule has 0 saturated carbocycles. The molecule has 2 N–H and O–H groups in total. The van der Waals surface area contributed by atoms with Crippen molar-refractivity contribution in [3.8, 4) is 0 Å². The number of ether oxygens (including phenoxy) is 1. The van der Waals surface area contributed by atoms with Crippen LogP contribution in [0.15, 0.2) is 0 Å². The Morgan fingerprint density at radius 2 is 2.13 bits per heavy atom. The van der Waals surface area contributed by atoms with E-state index in [4.69, 9.17) is 10.5 Å². The monoisotopic (exact) mass is 214 g/mol. The lowest BCUT2D eigenvalue weighted by atomic mass is 10.0. The van der Waals surface area contributed by atoms with E-state index in [0.29, 0.717) is 23.9 Å². The van der Waals surface area contributed by atoms with Gasteiger partial charge in [0.2, 0.25) is 0 Å². The molecule has 1 fully saturated rings. The first kappa shape index (κ1) is 12.9. The maximum atomic E-state index is 5.75. The van der Waals surface area contributed by atoms with Gasteiger partial charge in [0.1, 0.15) is 0 Å². The van der Waals surface area contributed by atoms with Crippen molar-refractivity contribution in [3.05, 3.63) is 0 Å². The van der Waals surface area contributed by atoms with Crippen molar-refractivity contribution in [2.75, 3.05) is 26.8 Å². The van der Waals surface area contributed by atoms with Crippen LogP contribution in [0.3, 0.4) is 0 Å². The molecule has 0 aromatic heterocycles. The molecule has 1 aliphatic heterocycles. The second kappa shape index (κ2) is 5.83. The predicted octanol–water partition coefficient (Wildman–Crippen LogP) is 1.33. The number of nitrogens with two attached hydrogens (primary N) is 1. The highest BCUT2D eigenvalue weighted by Crippen LogP contribution is 2.27. The van der Waals surface area contributed by atoms with E-state index in [-0.39, 0.29) is 0 Å². The first-order valence-electron chi connectivity index (χ1n) is 6.04. The third-order valence-electron chi connectivity index (χ3n) is 3.58. The van der Waals surface area contributed by atoms with Gasteiger partial charge < -0.3 is 10.5 Å². The van der Waals surface area contributed by atoms with Crippen molar-refractivity contribution in [3.63, 3.8) is 0 Å². The zero-order valence-corrected chi connectivity index (χ0v) is 10.6. The summed E-state index contributed by atoms with van der Waals surface area (Å²) in [7, 11) is 1.79. The molecule has 3 nitrogen and oxygen atoms in total. The minimum atomic E-state index is 0.543. The summed E-state index contributed by atoms with van der Waals surface area (Å²) in [6, 6.07) is 1.20. The molecule has 0 amide bonds. The van der Waals surface area contributed by atoms with E-state index in [0.717, 1.165) is 19.7 Å². The van der Waals surface area contributed by atoms with Gasteiger partial charge in [-0.1, -0.05) is 13.8 Å². The van der Waals surface area contributed by atoms with Gasteiger partial charge >= 0.3 is 0 Å². The van der Waals surface area contributed by atoms with Gasteiger partial charge in [0.15, 0.2) is 0 Å². The number of rotatable bonds is 5. The summed E-state index contributed by atoms with van der Waals surface area (Å²) < 4.78 is 5.32. The highest BCUT2D eigenvalue weighted by Gasteiger charge is 2.34. The van der Waals surface area contributed by atoms with Crippen LogP contribution in [0.4, 0.5) is 0 Å². The van der Waals surface area contributed by atoms with Crippen molar-refractivity contribution < 1.29 is 4.74 Å². The standard InChI is InChI=1S/C12H26N2O/c1-9(2)12(8-15-4)14-7-11(6-13)5-10(14)3/h9-12H,5-8,13H2,1-4H3. The molecule has 1 saturated heterocycles. The lowest BCUT2D eigenvalue weighted by Gasteiger charge is -2.33. The summed E-state index contributed by atoms with van der Waals surface area (Å²) in [5.41, 5.74) is 5.75. The predicted molar refractivity (Wildman–Crippen MR) is 63.8 cm³/mol. The molecule has 3 atom stereocenters. The quantitative estimate of drug-likeness (QED) is 0.750. The van der Waals surface area contributed by atoms with Gasteiger partial charge in [-0.05, 0) is 31.7 Å². The average Bonchev–Trinajstić information content (AvgIpc) is 2.55. The van der Waals surface area contributed by atoms with E-state index in [1.54, 1.807) is 7.11 Å². The molecule has 3 unspecified atom stereocenters. The summed E-state index contributed by atoms with van der Waals surface area (Å²) in [6.07, 6.45) is 1.24. The summed E-state index contributed by atoms with van der Waals surface area (Å²) in [6.45, 7) is 9.64. The Kier molecular flexibility index (Phi) is 5.03. The molecule has 15 heavy (non-hydrogen) atoms. The Morgan fingerprint density at radius 3 is 2.53 bits per heavy atom. The first-order chi connectivity index (χ1) is 7.10. The van der Waals surface area contributed by atoms with Crippen LogP contribution in [0.2, 0.25) is 0 Å². The van der Waals surface area contributed by atoms with Crippen LogP contribution in [-0.2, 0) is 4.74 Å². The highest BCUT2D eigenvalue weighted by atomic mass is 16.5. The fourth-order valence-corrected chi connectivity index (χ4v) is 2.65. The van der Waals surface area contributed by atoms with E-state index >= 15 is 0 Å². The third-order valence-corrected chi connectivity index (χ3v) is 3.58. The molecule has 0 aromatic carbocycles. The number of methoxy groups -OCH3 is 1. The van der Waals surface area contributed by atoms with Crippen molar-refractivity contribution in [1.29, 1.82) is 0 Å². The summed E-state index contributed by atoms with van der Waals surface area (Å²) in [4.78, 5) is 2.58. The number of hydrogen-bond acceptors (Lipinski definition) is 3. The summed E-state index contributed by atoms with van der Waals surface area (Å²) in [5.74, 6) is 1.32. The van der Waals surface area contributed by atoms with Crippen molar-refractivity contribution in [2.45, 2.75) is 39.3 Å². The van der Waals surface area contributed by atoms with Crippen LogP contribution >= 0.6 is 0 Å². The van der Waals surface area contributed by atoms with Gasteiger partial charge in [-0.3, -0.25) is 4.90 Å². The smallest absolute Gasteiger partial charge is 0.0620 e. The lowest BCUT2D eigenvalue weighted by Crippen LogP contribution is -2.44. The van der Waals surface area contributed by atoms with Crippen LogP contribution in [-0.4, -0.2) is 43.8 Å². The molecule has 0 radical (unpaired) electrons. The minimum Gasteiger partial charge on any atom is -0.383 e. The van der Waals surface area contributed by atoms with Crippen molar-refractivity contribution in [2.24, 2.45) is 17.6 Å². The molecule has 1 heterocycles. The Morgan fingerprint density at radius 1 is 1.47 bits per heavy atom. The molecular formula is C12H26N2O. The lowest BCUT2D eigenvalue weighted by molar-refractivity contribution is 0.0589. The van der Waals surface area contributed by atoms with E-state index < -0.39 is 0 Å². The van der Waals surface area contributed by atoms with Gasteiger partial charge in [-0.2, -0.15) is 0 Å². The van der Waals surface area contributed by atoms with Gasteiger partial charge in [-0.25, -0.2) is 0 Å². The summed E-state index contributed by atoms with van der Waals surface area (Å²) in [5, 5.41) is 0. The number of hydrogen-bond donors (Lipinski definition) is 1. The second-order valence-electron chi connectivity index (χ2n) is 5.15. The van der Waals surface area contributed by atoms with E-state index in [9.17, 15) is 0 Å². The average molecular weight is 214 g/mol. The van der Waals surface area contributed by atoms with Gasteiger partial charge in [0, 0.05) is 25.7 Å². The maximum Gasteiger partial charge on any atom is 0.0620 e. The van der Waals surface area contributed by atoms with Gasteiger partial charge in [-0.15, -0.1) is 0 Å². The van der Waals surface area contributed by atoms with Gasteiger partial charge in [0.05, 0.1) is 6.61 Å². The first-order valence-corrected chi connectivity index (χ1v) is 6.04. The molecule has 0 aromatic rings. The number of nitrogens with zero attached hydrogens (tertiary/aromatic N) is 1. The molecule has 1 aliphatic rings. The normalized spacial score (nSPS) is 30.0. The van der Waals surface area contributed by atoms with Crippen LogP contribution in [0, 0.1) is 11.8 Å². The van der Waals surface area contributed by atoms with Crippen molar-refractivity contribution in [1.82, 2.24) is 4.90 Å². The fraction of sp³-hybridized carbons (Fsp3) is 1.00. The van der Waals surface area contributed by atoms with Crippen LogP contribution in [0.1, 0.15) is 27.2 Å².